The van der Waals surface area contributed by atoms with E-state index in [1.54, 1.807) is 0 Å². The molecule has 0 unspecified atom stereocenters. The first-order valence-electron chi connectivity index (χ1n) is 3.14. The molecule has 0 aliphatic rings. The number of rotatable bonds is 2. The Balaban J connectivity index is -0.000000480. The van der Waals surface area contributed by atoms with Gasteiger partial charge in [-0.15, -0.1) is 0 Å². The van der Waals surface area contributed by atoms with E-state index in [0.29, 0.717) is 0 Å². The minimum absolute atomic E-state index is 0. The molecular formula is C8H4Na3O4+. The molecule has 0 saturated carbocycles. The quantitative estimate of drug-likeness (QED) is 0.475. The smallest absolute Gasteiger partial charge is 0.545 e. The molecule has 15 heavy (non-hydrogen) atoms. The largest absolute Gasteiger partial charge is 1.00 e. The summed E-state index contributed by atoms with van der Waals surface area (Å²) < 4.78 is 0. The summed E-state index contributed by atoms with van der Waals surface area (Å²) in [5.41, 5.74) is -0.339. The van der Waals surface area contributed by atoms with Crippen LogP contribution < -0.4 is 98.9 Å². The summed E-state index contributed by atoms with van der Waals surface area (Å²) in [6, 6.07) is 4.81. The molecule has 0 radical (unpaired) electrons. The zero-order valence-electron chi connectivity index (χ0n) is 8.94. The summed E-state index contributed by atoms with van der Waals surface area (Å²) in [7, 11) is 0. The fourth-order valence-electron chi connectivity index (χ4n) is 0.773. The Kier molecular flexibility index (Phi) is 14.8. The van der Waals surface area contributed by atoms with Gasteiger partial charge in [-0.25, -0.2) is 0 Å². The Morgan fingerprint density at radius 1 is 0.867 bits per heavy atom. The van der Waals surface area contributed by atoms with E-state index in [-0.39, 0.29) is 99.8 Å². The second kappa shape index (κ2) is 10.3. The van der Waals surface area contributed by atoms with E-state index in [2.05, 4.69) is 0 Å². The number of hydrogen-bond acceptors (Lipinski definition) is 4. The molecule has 0 saturated heterocycles. The van der Waals surface area contributed by atoms with E-state index >= 15 is 0 Å². The third-order valence-corrected chi connectivity index (χ3v) is 1.33. The average Bonchev–Trinajstić information content (AvgIpc) is 2.04. The molecule has 0 heterocycles. The first-order valence-corrected chi connectivity index (χ1v) is 3.14. The van der Waals surface area contributed by atoms with Crippen molar-refractivity contribution in [1.29, 1.82) is 0 Å². The Hall–Kier alpha value is 1.16. The summed E-state index contributed by atoms with van der Waals surface area (Å²) in [6.45, 7) is 0. The van der Waals surface area contributed by atoms with E-state index in [9.17, 15) is 19.8 Å². The van der Waals surface area contributed by atoms with Gasteiger partial charge in [-0.3, -0.25) is 0 Å². The van der Waals surface area contributed by atoms with E-state index in [0.717, 1.165) is 6.07 Å². The van der Waals surface area contributed by atoms with E-state index in [4.69, 9.17) is 0 Å². The number of hydrogen-bond donors (Lipinski definition) is 0. The van der Waals surface area contributed by atoms with Crippen LogP contribution in [0.25, 0.3) is 0 Å². The minimum atomic E-state index is -1.40. The number of carboxylic acids is 2. The van der Waals surface area contributed by atoms with Crippen LogP contribution in [0.5, 0.6) is 0 Å². The first-order chi connectivity index (χ1) is 5.61. The van der Waals surface area contributed by atoms with Crippen LogP contribution in [0.15, 0.2) is 24.3 Å². The molecule has 1 aromatic carbocycles. The number of aromatic carboxylic acids is 2. The fraction of sp³-hybridized carbons (Fsp3) is 0. The van der Waals surface area contributed by atoms with Crippen molar-refractivity contribution in [3.8, 4) is 0 Å². The predicted octanol–water partition coefficient (Wildman–Crippen LogP) is -10.6. The monoisotopic (exact) mass is 233 g/mol. The predicted molar refractivity (Wildman–Crippen MR) is 35.1 cm³/mol. The van der Waals surface area contributed by atoms with Crippen LogP contribution in [-0.4, -0.2) is 11.9 Å². The molecule has 0 bridgehead atoms. The molecular weight excluding hydrogens is 229 g/mol. The van der Waals surface area contributed by atoms with Crippen LogP contribution in [0.2, 0.25) is 0 Å². The van der Waals surface area contributed by atoms with Crippen LogP contribution >= 0.6 is 0 Å². The van der Waals surface area contributed by atoms with Gasteiger partial charge in [0.15, 0.2) is 0 Å². The molecule has 0 N–H and O–H groups in total. The van der Waals surface area contributed by atoms with E-state index < -0.39 is 11.9 Å². The Labute approximate surface area is 153 Å². The molecule has 1 rings (SSSR count). The number of carboxylic acid groups (broad SMARTS) is 2. The summed E-state index contributed by atoms with van der Waals surface area (Å²) in [4.78, 5) is 20.5. The van der Waals surface area contributed by atoms with Gasteiger partial charge in [0.25, 0.3) is 0 Å². The van der Waals surface area contributed by atoms with Crippen LogP contribution in [0.1, 0.15) is 20.7 Å². The number of carbonyl (C=O) groups excluding carboxylic acids is 2. The van der Waals surface area contributed by atoms with Gasteiger partial charge in [0.05, 0.1) is 11.9 Å². The summed E-state index contributed by atoms with van der Waals surface area (Å²) in [5.74, 6) is -2.81. The van der Waals surface area contributed by atoms with Crippen molar-refractivity contribution in [2.24, 2.45) is 0 Å². The van der Waals surface area contributed by atoms with Crippen molar-refractivity contribution in [3.05, 3.63) is 35.4 Å². The van der Waals surface area contributed by atoms with Crippen molar-refractivity contribution >= 4 is 11.9 Å². The second-order valence-electron chi connectivity index (χ2n) is 2.16. The zero-order valence-corrected chi connectivity index (χ0v) is 14.9. The molecule has 0 spiro atoms. The topological polar surface area (TPSA) is 80.3 Å². The van der Waals surface area contributed by atoms with Gasteiger partial charge in [0.1, 0.15) is 0 Å². The maximum absolute atomic E-state index is 10.3. The summed E-state index contributed by atoms with van der Waals surface area (Å²) in [5, 5.41) is 20.5. The van der Waals surface area contributed by atoms with Crippen LogP contribution in [0.4, 0.5) is 0 Å². The van der Waals surface area contributed by atoms with Crippen LogP contribution in [0, 0.1) is 0 Å². The third-order valence-electron chi connectivity index (χ3n) is 1.33. The molecule has 0 atom stereocenters. The Morgan fingerprint density at radius 2 is 1.20 bits per heavy atom. The molecule has 0 aliphatic heterocycles. The van der Waals surface area contributed by atoms with Crippen molar-refractivity contribution in [2.75, 3.05) is 0 Å². The standard InChI is InChI=1S/C8H6O4.3Na/c9-7(10)5-2-1-3-6(4-5)8(11)12;;;/h1-4H,(H,9,10)(H,11,12);;;/q;3*+1/p-2. The normalized spacial score (nSPS) is 7.47. The van der Waals surface area contributed by atoms with Gasteiger partial charge >= 0.3 is 88.7 Å². The van der Waals surface area contributed by atoms with Crippen LogP contribution in [0.3, 0.4) is 0 Å². The maximum Gasteiger partial charge on any atom is 1.00 e. The van der Waals surface area contributed by atoms with Crippen molar-refractivity contribution < 1.29 is 108 Å². The number of carbonyl (C=O) groups is 2. The fourth-order valence-corrected chi connectivity index (χ4v) is 0.773. The van der Waals surface area contributed by atoms with Gasteiger partial charge in [0, 0.05) is 0 Å². The number of benzene rings is 1. The second-order valence-corrected chi connectivity index (χ2v) is 2.16. The van der Waals surface area contributed by atoms with Gasteiger partial charge < -0.3 is 19.8 Å². The molecule has 0 aliphatic carbocycles. The van der Waals surface area contributed by atoms with Crippen LogP contribution in [-0.2, 0) is 0 Å². The third kappa shape index (κ3) is 7.15. The molecule has 62 valence electrons. The SMILES string of the molecule is O=C([O-])c1cccc(C(=O)[O-])c1.[Na+].[Na+].[Na+]. The molecule has 7 heteroatoms. The summed E-state index contributed by atoms with van der Waals surface area (Å²) in [6.07, 6.45) is 0. The minimum Gasteiger partial charge on any atom is -0.545 e. The first kappa shape index (κ1) is 21.4. The summed E-state index contributed by atoms with van der Waals surface area (Å²) >= 11 is 0. The van der Waals surface area contributed by atoms with E-state index in [1.807, 2.05) is 0 Å². The van der Waals surface area contributed by atoms with Crippen molar-refractivity contribution in [1.82, 2.24) is 0 Å². The van der Waals surface area contributed by atoms with Gasteiger partial charge in [-0.1, -0.05) is 18.2 Å². The van der Waals surface area contributed by atoms with Crippen molar-refractivity contribution in [2.45, 2.75) is 0 Å². The Bertz CT molecular complexity index is 311. The Morgan fingerprint density at radius 3 is 1.47 bits per heavy atom. The van der Waals surface area contributed by atoms with E-state index in [1.165, 1.54) is 18.2 Å². The maximum atomic E-state index is 10.3. The van der Waals surface area contributed by atoms with Gasteiger partial charge in [-0.05, 0) is 17.2 Å². The average molecular weight is 233 g/mol. The van der Waals surface area contributed by atoms with Crippen molar-refractivity contribution in [3.63, 3.8) is 0 Å². The zero-order chi connectivity index (χ0) is 9.14. The molecule has 4 nitrogen and oxygen atoms in total. The molecule has 0 aromatic heterocycles. The molecule has 1 aromatic rings. The van der Waals surface area contributed by atoms with Gasteiger partial charge in [0.2, 0.25) is 0 Å². The molecule has 0 fully saturated rings. The molecule has 0 amide bonds. The van der Waals surface area contributed by atoms with Gasteiger partial charge in [-0.2, -0.15) is 0 Å².